The van der Waals surface area contributed by atoms with Crippen molar-refractivity contribution >= 4 is 17.9 Å². The zero-order valence-corrected chi connectivity index (χ0v) is 7.32. The van der Waals surface area contributed by atoms with E-state index in [0.717, 1.165) is 0 Å². The standard InChI is InChI=1S/C2H2ClO.K.H2O/c3-1-2-4;;/h1H2;;1H2/q;+1;/p-1. The summed E-state index contributed by atoms with van der Waals surface area (Å²) in [4.78, 5) is 8.92. The Morgan fingerprint density at radius 2 is 1.83 bits per heavy atom. The van der Waals surface area contributed by atoms with Crippen LogP contribution in [0.1, 0.15) is 0 Å². The quantitative estimate of drug-likeness (QED) is 0.286. The number of hydrogen-bond donors (Lipinski definition) is 0. The van der Waals surface area contributed by atoms with Gasteiger partial charge in [-0.1, -0.05) is 0 Å². The largest absolute Gasteiger partial charge is 1.00 e. The van der Waals surface area contributed by atoms with Crippen LogP contribution in [-0.4, -0.2) is 17.6 Å². The molecule has 4 heteroatoms. The minimum atomic E-state index is -0.0139. The van der Waals surface area contributed by atoms with E-state index in [-0.39, 0.29) is 62.7 Å². The van der Waals surface area contributed by atoms with Crippen LogP contribution in [0.15, 0.2) is 0 Å². The van der Waals surface area contributed by atoms with E-state index in [0.29, 0.717) is 0 Å². The molecule has 0 rings (SSSR count). The zero-order valence-electron chi connectivity index (χ0n) is 3.44. The molecule has 31 valence electrons. The number of halogens is 1. The van der Waals surface area contributed by atoms with E-state index >= 15 is 0 Å². The summed E-state index contributed by atoms with van der Waals surface area (Å²) >= 11 is 4.76. The number of rotatable bonds is 1. The van der Waals surface area contributed by atoms with E-state index in [2.05, 4.69) is 0 Å². The molecule has 0 aliphatic heterocycles. The smallest absolute Gasteiger partial charge is 0.870 e. The van der Waals surface area contributed by atoms with Gasteiger partial charge < -0.3 is 5.48 Å². The third kappa shape index (κ3) is 17.7. The average Bonchev–Trinajstić information content (AvgIpc) is 1.37. The van der Waals surface area contributed by atoms with Gasteiger partial charge in [0.15, 0.2) is 0 Å². The molecule has 0 heterocycles. The fraction of sp³-hybridized carbons (Fsp3) is 0.500. The van der Waals surface area contributed by atoms with Crippen LogP contribution in [-0.2, 0) is 4.79 Å². The molecule has 1 N–H and O–H groups in total. The van der Waals surface area contributed by atoms with Crippen molar-refractivity contribution in [2.24, 2.45) is 0 Å². The fourth-order valence-corrected chi connectivity index (χ4v) is 0. The first-order chi connectivity index (χ1) is 1.91. The Balaban J connectivity index is -0.0000000450. The molecule has 0 atom stereocenters. The van der Waals surface area contributed by atoms with Crippen molar-refractivity contribution in [3.63, 3.8) is 0 Å². The molecule has 0 bridgehead atoms. The molecule has 6 heavy (non-hydrogen) atoms. The fourth-order valence-electron chi connectivity index (χ4n) is 0. The van der Waals surface area contributed by atoms with Crippen LogP contribution in [0, 0.1) is 0 Å². The molecule has 0 unspecified atom stereocenters. The Morgan fingerprint density at radius 1 is 1.67 bits per heavy atom. The molecule has 0 aromatic carbocycles. The molecule has 0 amide bonds. The molecule has 2 nitrogen and oxygen atoms in total. The molecular formula is C2H3ClKO2. The second-order valence-electron chi connectivity index (χ2n) is 0.278. The van der Waals surface area contributed by atoms with Crippen LogP contribution in [0.3, 0.4) is 0 Å². The molecular weight excluding hydrogens is 131 g/mol. The third-order valence-corrected chi connectivity index (χ3v) is 0.164. The summed E-state index contributed by atoms with van der Waals surface area (Å²) in [6.45, 7) is 0. The second kappa shape index (κ2) is 16.0. The molecule has 0 aromatic rings. The second-order valence-corrected chi connectivity index (χ2v) is 0.545. The van der Waals surface area contributed by atoms with Crippen molar-refractivity contribution in [2.75, 3.05) is 5.88 Å². The molecule has 0 aliphatic rings. The summed E-state index contributed by atoms with van der Waals surface area (Å²) in [7, 11) is 0. The van der Waals surface area contributed by atoms with Gasteiger partial charge in [0, 0.05) is 0 Å². The van der Waals surface area contributed by atoms with Gasteiger partial charge in [-0.3, -0.25) is 4.79 Å². The number of carbonyl (C=O) groups excluding carboxylic acids is 1. The SMILES string of the molecule is O=[C]CCl.[K+].[OH-]. The van der Waals surface area contributed by atoms with Crippen molar-refractivity contribution in [3.8, 4) is 0 Å². The van der Waals surface area contributed by atoms with E-state index in [1.54, 1.807) is 0 Å². The predicted molar refractivity (Wildman–Crippen MR) is 18.3 cm³/mol. The summed E-state index contributed by atoms with van der Waals surface area (Å²) in [5.74, 6) is -0.0139. The van der Waals surface area contributed by atoms with Crippen LogP contribution in [0.4, 0.5) is 0 Å². The van der Waals surface area contributed by atoms with Gasteiger partial charge in [-0.05, 0) is 0 Å². The van der Waals surface area contributed by atoms with Crippen molar-refractivity contribution in [3.05, 3.63) is 0 Å². The van der Waals surface area contributed by atoms with Gasteiger partial charge in [0.2, 0.25) is 6.29 Å². The van der Waals surface area contributed by atoms with Crippen LogP contribution in [0.5, 0.6) is 0 Å². The maximum absolute atomic E-state index is 8.92. The Kier molecular flexibility index (Phi) is 41.7. The summed E-state index contributed by atoms with van der Waals surface area (Å²) in [6, 6.07) is 0. The van der Waals surface area contributed by atoms with Gasteiger partial charge in [0.25, 0.3) is 0 Å². The summed E-state index contributed by atoms with van der Waals surface area (Å²) in [5, 5.41) is 0. The van der Waals surface area contributed by atoms with Crippen LogP contribution < -0.4 is 51.4 Å². The van der Waals surface area contributed by atoms with Crippen molar-refractivity contribution in [1.82, 2.24) is 0 Å². The molecule has 0 spiro atoms. The maximum Gasteiger partial charge on any atom is 1.00 e. The Hall–Kier alpha value is 1.56. The third-order valence-electron chi connectivity index (χ3n) is 0.0546. The van der Waals surface area contributed by atoms with Crippen LogP contribution >= 0.6 is 11.6 Å². The topological polar surface area (TPSA) is 47.1 Å². The summed E-state index contributed by atoms with van der Waals surface area (Å²) in [6.07, 6.45) is 1.45. The molecule has 0 aromatic heterocycles. The normalized spacial score (nSPS) is 4.17. The predicted octanol–water partition coefficient (Wildman–Crippen LogP) is -2.84. The van der Waals surface area contributed by atoms with Gasteiger partial charge in [0.05, 0.1) is 5.88 Å². The minimum Gasteiger partial charge on any atom is -0.870 e. The van der Waals surface area contributed by atoms with E-state index in [9.17, 15) is 0 Å². The van der Waals surface area contributed by atoms with E-state index < -0.39 is 0 Å². The van der Waals surface area contributed by atoms with Crippen molar-refractivity contribution < 1.29 is 61.7 Å². The van der Waals surface area contributed by atoms with Crippen LogP contribution in [0.2, 0.25) is 0 Å². The number of hydrogen-bond acceptors (Lipinski definition) is 2. The van der Waals surface area contributed by atoms with Gasteiger partial charge in [-0.15, -0.1) is 11.6 Å². The van der Waals surface area contributed by atoms with Crippen LogP contribution in [0.25, 0.3) is 0 Å². The molecule has 0 saturated heterocycles. The van der Waals surface area contributed by atoms with E-state index in [4.69, 9.17) is 16.4 Å². The zero-order chi connectivity index (χ0) is 3.41. The summed E-state index contributed by atoms with van der Waals surface area (Å²) < 4.78 is 0. The monoisotopic (exact) mass is 133 g/mol. The van der Waals surface area contributed by atoms with Gasteiger partial charge in [-0.2, -0.15) is 0 Å². The molecule has 0 saturated carbocycles. The molecule has 0 aliphatic carbocycles. The Bertz CT molecular complexity index is 25.5. The molecule has 0 fully saturated rings. The van der Waals surface area contributed by atoms with Gasteiger partial charge >= 0.3 is 51.4 Å². The van der Waals surface area contributed by atoms with Crippen molar-refractivity contribution in [2.45, 2.75) is 0 Å². The first kappa shape index (κ1) is 15.6. The first-order valence-electron chi connectivity index (χ1n) is 0.825. The van der Waals surface area contributed by atoms with E-state index in [1.165, 1.54) is 6.29 Å². The minimum absolute atomic E-state index is 0. The average molecular weight is 134 g/mol. The van der Waals surface area contributed by atoms with Gasteiger partial charge in [0.1, 0.15) is 0 Å². The Morgan fingerprint density at radius 3 is 1.83 bits per heavy atom. The van der Waals surface area contributed by atoms with E-state index in [1.807, 2.05) is 0 Å². The van der Waals surface area contributed by atoms with Crippen molar-refractivity contribution in [1.29, 1.82) is 0 Å². The maximum atomic E-state index is 8.92. The number of alkyl halides is 1. The van der Waals surface area contributed by atoms with Gasteiger partial charge in [-0.25, -0.2) is 0 Å². The summed E-state index contributed by atoms with van der Waals surface area (Å²) in [5.41, 5.74) is 0. The molecule has 1 radical (unpaired) electrons. The first-order valence-corrected chi connectivity index (χ1v) is 1.36. The Labute approximate surface area is 84.0 Å².